The van der Waals surface area contributed by atoms with Crippen molar-refractivity contribution in [2.75, 3.05) is 12.3 Å². The largest absolute Gasteiger partial charge is 0.244 e. The van der Waals surface area contributed by atoms with Crippen molar-refractivity contribution in [1.29, 1.82) is 0 Å². The van der Waals surface area contributed by atoms with Crippen LogP contribution >= 0.6 is 11.8 Å². The number of halogens is 1. The number of hydrogen-bond acceptors (Lipinski definition) is 3. The minimum absolute atomic E-state index is 0.0462. The Morgan fingerprint density at radius 1 is 1.38 bits per heavy atom. The van der Waals surface area contributed by atoms with E-state index in [2.05, 4.69) is 0 Å². The van der Waals surface area contributed by atoms with Gasteiger partial charge in [0.2, 0.25) is 10.0 Å². The maximum atomic E-state index is 12.7. The molecule has 1 aromatic carbocycles. The highest BCUT2D eigenvalue weighted by Crippen LogP contribution is 2.29. The lowest BCUT2D eigenvalue weighted by Crippen LogP contribution is -2.33. The molecule has 3 nitrogen and oxygen atoms in total. The first kappa shape index (κ1) is 11.9. The Kier molecular flexibility index (Phi) is 3.23. The van der Waals surface area contributed by atoms with Crippen LogP contribution in [-0.2, 0) is 10.0 Å². The number of sulfonamides is 1. The van der Waals surface area contributed by atoms with Crippen molar-refractivity contribution in [2.24, 2.45) is 0 Å². The van der Waals surface area contributed by atoms with E-state index in [0.29, 0.717) is 6.54 Å². The predicted octanol–water partition coefficient (Wildman–Crippen LogP) is 1.91. The Bertz CT molecular complexity index is 472. The van der Waals surface area contributed by atoms with Gasteiger partial charge in [0.05, 0.1) is 10.3 Å². The molecular formula is C10H12FNO2S2. The average molecular weight is 261 g/mol. The molecule has 6 heteroatoms. The Balaban J connectivity index is 2.35. The highest BCUT2D eigenvalue weighted by Gasteiger charge is 2.32. The van der Waals surface area contributed by atoms with Crippen molar-refractivity contribution in [3.05, 3.63) is 30.1 Å². The Hall–Kier alpha value is -0.590. The summed E-state index contributed by atoms with van der Waals surface area (Å²) in [5.41, 5.74) is 0. The molecule has 0 saturated carbocycles. The lowest BCUT2D eigenvalue weighted by atomic mass is 10.4. The summed E-state index contributed by atoms with van der Waals surface area (Å²) in [5, 5.41) is -0.0462. The molecule has 1 aliphatic rings. The SMILES string of the molecule is CC1SCCN1S(=O)(=O)c1ccc(F)cc1. The molecule has 1 heterocycles. The van der Waals surface area contributed by atoms with E-state index in [1.54, 1.807) is 11.8 Å². The van der Waals surface area contributed by atoms with Gasteiger partial charge in [-0.2, -0.15) is 4.31 Å². The van der Waals surface area contributed by atoms with E-state index >= 15 is 0 Å². The topological polar surface area (TPSA) is 37.4 Å². The molecule has 1 atom stereocenters. The molecule has 0 N–H and O–H groups in total. The molecule has 1 aromatic rings. The average Bonchev–Trinajstić information content (AvgIpc) is 2.66. The van der Waals surface area contributed by atoms with Crippen LogP contribution in [0.2, 0.25) is 0 Å². The minimum Gasteiger partial charge on any atom is -0.207 e. The standard InChI is InChI=1S/C10H12FNO2S2/c1-8-12(6-7-15-8)16(13,14)10-4-2-9(11)3-5-10/h2-5,8H,6-7H2,1H3. The normalized spacial score (nSPS) is 22.5. The zero-order valence-corrected chi connectivity index (χ0v) is 10.4. The van der Waals surface area contributed by atoms with Crippen LogP contribution in [0.4, 0.5) is 4.39 Å². The van der Waals surface area contributed by atoms with Crippen LogP contribution in [0.15, 0.2) is 29.2 Å². The van der Waals surface area contributed by atoms with Crippen LogP contribution in [0.25, 0.3) is 0 Å². The van der Waals surface area contributed by atoms with Gasteiger partial charge in [-0.1, -0.05) is 0 Å². The van der Waals surface area contributed by atoms with Gasteiger partial charge in [-0.25, -0.2) is 12.8 Å². The van der Waals surface area contributed by atoms with Gasteiger partial charge in [0, 0.05) is 12.3 Å². The minimum atomic E-state index is -3.46. The summed E-state index contributed by atoms with van der Waals surface area (Å²) < 4.78 is 38.5. The van der Waals surface area contributed by atoms with Gasteiger partial charge in [-0.05, 0) is 31.2 Å². The highest BCUT2D eigenvalue weighted by molar-refractivity contribution is 8.01. The lowest BCUT2D eigenvalue weighted by molar-refractivity contribution is 0.442. The summed E-state index contributed by atoms with van der Waals surface area (Å²) in [7, 11) is -3.46. The van der Waals surface area contributed by atoms with Gasteiger partial charge >= 0.3 is 0 Å². The fourth-order valence-corrected chi connectivity index (χ4v) is 4.66. The molecule has 0 spiro atoms. The first-order valence-electron chi connectivity index (χ1n) is 4.91. The fourth-order valence-electron chi connectivity index (χ4n) is 1.64. The highest BCUT2D eigenvalue weighted by atomic mass is 32.2. The van der Waals surface area contributed by atoms with Crippen LogP contribution in [0.1, 0.15) is 6.92 Å². The van der Waals surface area contributed by atoms with E-state index in [9.17, 15) is 12.8 Å². The van der Waals surface area contributed by atoms with E-state index in [4.69, 9.17) is 0 Å². The second kappa shape index (κ2) is 4.35. The maximum absolute atomic E-state index is 12.7. The van der Waals surface area contributed by atoms with Gasteiger partial charge in [-0.3, -0.25) is 0 Å². The summed E-state index contributed by atoms with van der Waals surface area (Å²) in [6.45, 7) is 2.38. The molecule has 1 unspecified atom stereocenters. The van der Waals surface area contributed by atoms with Gasteiger partial charge < -0.3 is 0 Å². The molecule has 16 heavy (non-hydrogen) atoms. The third kappa shape index (κ3) is 2.09. The van der Waals surface area contributed by atoms with E-state index < -0.39 is 15.8 Å². The van der Waals surface area contributed by atoms with Crippen LogP contribution in [-0.4, -0.2) is 30.4 Å². The first-order chi connectivity index (χ1) is 7.51. The van der Waals surface area contributed by atoms with Crippen molar-refractivity contribution in [2.45, 2.75) is 17.2 Å². The van der Waals surface area contributed by atoms with Crippen LogP contribution in [0, 0.1) is 5.82 Å². The van der Waals surface area contributed by atoms with Gasteiger partial charge in [0.1, 0.15) is 5.82 Å². The van der Waals surface area contributed by atoms with Gasteiger partial charge in [0.15, 0.2) is 0 Å². The number of thioether (sulfide) groups is 1. The van der Waals surface area contributed by atoms with E-state index in [1.165, 1.54) is 28.6 Å². The number of nitrogens with zero attached hydrogens (tertiary/aromatic N) is 1. The smallest absolute Gasteiger partial charge is 0.207 e. The number of benzene rings is 1. The summed E-state index contributed by atoms with van der Waals surface area (Å²) in [6, 6.07) is 4.95. The van der Waals surface area contributed by atoms with Crippen molar-refractivity contribution in [3.63, 3.8) is 0 Å². The molecule has 1 aliphatic heterocycles. The Morgan fingerprint density at radius 3 is 2.50 bits per heavy atom. The van der Waals surface area contributed by atoms with Gasteiger partial charge in [0.25, 0.3) is 0 Å². The third-order valence-corrected chi connectivity index (χ3v) is 5.77. The Morgan fingerprint density at radius 2 is 2.00 bits per heavy atom. The zero-order chi connectivity index (χ0) is 11.8. The van der Waals surface area contributed by atoms with Crippen LogP contribution in [0.3, 0.4) is 0 Å². The molecule has 0 aromatic heterocycles. The van der Waals surface area contributed by atoms with Crippen LogP contribution in [0.5, 0.6) is 0 Å². The summed E-state index contributed by atoms with van der Waals surface area (Å²) in [4.78, 5) is 0.156. The zero-order valence-electron chi connectivity index (χ0n) is 8.76. The van der Waals surface area contributed by atoms with E-state index in [1.807, 2.05) is 6.92 Å². The lowest BCUT2D eigenvalue weighted by Gasteiger charge is -2.19. The molecule has 1 saturated heterocycles. The second-order valence-electron chi connectivity index (χ2n) is 3.54. The predicted molar refractivity (Wildman–Crippen MR) is 62.2 cm³/mol. The maximum Gasteiger partial charge on any atom is 0.244 e. The van der Waals surface area contributed by atoms with Crippen molar-refractivity contribution in [3.8, 4) is 0 Å². The van der Waals surface area contributed by atoms with Gasteiger partial charge in [-0.15, -0.1) is 11.8 Å². The Labute approximate surface area is 98.7 Å². The van der Waals surface area contributed by atoms with Crippen LogP contribution < -0.4 is 0 Å². The van der Waals surface area contributed by atoms with Crippen molar-refractivity contribution in [1.82, 2.24) is 4.31 Å². The molecule has 0 amide bonds. The first-order valence-corrected chi connectivity index (χ1v) is 7.40. The van der Waals surface area contributed by atoms with Crippen molar-refractivity contribution >= 4 is 21.8 Å². The molecule has 0 bridgehead atoms. The monoisotopic (exact) mass is 261 g/mol. The third-order valence-electron chi connectivity index (χ3n) is 2.50. The molecule has 1 fully saturated rings. The molecule has 88 valence electrons. The quantitative estimate of drug-likeness (QED) is 0.816. The molecule has 0 radical (unpaired) electrons. The summed E-state index contributed by atoms with van der Waals surface area (Å²) in [5.74, 6) is 0.379. The number of hydrogen-bond donors (Lipinski definition) is 0. The molecular weight excluding hydrogens is 249 g/mol. The summed E-state index contributed by atoms with van der Waals surface area (Å²) in [6.07, 6.45) is 0. The fraction of sp³-hybridized carbons (Fsp3) is 0.400. The molecule has 2 rings (SSSR count). The number of rotatable bonds is 2. The van der Waals surface area contributed by atoms with Crippen molar-refractivity contribution < 1.29 is 12.8 Å². The van der Waals surface area contributed by atoms with E-state index in [0.717, 1.165) is 5.75 Å². The summed E-state index contributed by atoms with van der Waals surface area (Å²) >= 11 is 1.60. The van der Waals surface area contributed by atoms with E-state index in [-0.39, 0.29) is 10.3 Å². The molecule has 0 aliphatic carbocycles. The second-order valence-corrected chi connectivity index (χ2v) is 6.85.